The van der Waals surface area contributed by atoms with Gasteiger partial charge in [-0.1, -0.05) is 116 Å². The standard InChI is InChI=1S/C54H37N5/c1-35-28-40(47-14-8-10-39-11-9-27-58-54(39)47)21-22-44(35)42-29-36(34-55)30-43(31-42)46-24-23-45(48-12-2-3-13-49(46)48)38-19-17-37(18-20-38)41-32-52(50-15-4-6-25-56-50)59-53(33-41)51-16-5-7-26-57-51/h2-27,29-33,35H,28H2,1H3. The first kappa shape index (κ1) is 35.6. The molecule has 1 aliphatic rings. The highest BCUT2D eigenvalue weighted by Gasteiger charge is 2.21. The Labute approximate surface area is 343 Å². The summed E-state index contributed by atoms with van der Waals surface area (Å²) in [5.74, 6) is 0.258. The molecule has 0 saturated carbocycles. The first-order valence-electron chi connectivity index (χ1n) is 19.9. The van der Waals surface area contributed by atoms with Crippen molar-refractivity contribution >= 4 is 32.8 Å². The molecule has 0 fully saturated rings. The summed E-state index contributed by atoms with van der Waals surface area (Å²) in [4.78, 5) is 18.8. The van der Waals surface area contributed by atoms with Gasteiger partial charge >= 0.3 is 0 Å². The fourth-order valence-electron chi connectivity index (χ4n) is 8.45. The second kappa shape index (κ2) is 15.3. The number of nitriles is 1. The molecule has 5 nitrogen and oxygen atoms in total. The third kappa shape index (κ3) is 6.88. The molecule has 10 rings (SSSR count). The van der Waals surface area contributed by atoms with E-state index < -0.39 is 0 Å². The Bertz CT molecular complexity index is 3080. The van der Waals surface area contributed by atoms with Gasteiger partial charge in [-0.3, -0.25) is 15.0 Å². The van der Waals surface area contributed by atoms with Crippen molar-refractivity contribution in [2.24, 2.45) is 5.92 Å². The lowest BCUT2D eigenvalue weighted by molar-refractivity contribution is 0.771. The number of rotatable bonds is 7. The molecule has 5 heteroatoms. The number of aromatic nitrogens is 4. The van der Waals surface area contributed by atoms with E-state index in [1.54, 1.807) is 12.4 Å². The molecular formula is C54H37N5. The molecule has 1 atom stereocenters. The molecule has 0 aliphatic heterocycles. The van der Waals surface area contributed by atoms with Crippen LogP contribution in [0.3, 0.4) is 0 Å². The number of allylic oxidation sites excluding steroid dienone is 4. The maximum absolute atomic E-state index is 10.2. The highest BCUT2D eigenvalue weighted by molar-refractivity contribution is 6.05. The van der Waals surface area contributed by atoms with Crippen LogP contribution in [0.2, 0.25) is 0 Å². The number of pyridine rings is 4. The fourth-order valence-corrected chi connectivity index (χ4v) is 8.45. The third-order valence-corrected chi connectivity index (χ3v) is 11.3. The third-order valence-electron chi connectivity index (χ3n) is 11.3. The van der Waals surface area contributed by atoms with E-state index >= 15 is 0 Å². The lowest BCUT2D eigenvalue weighted by Gasteiger charge is -2.23. The average Bonchev–Trinajstić information content (AvgIpc) is 3.31. The maximum atomic E-state index is 10.2. The van der Waals surface area contributed by atoms with E-state index in [0.717, 1.165) is 89.8 Å². The van der Waals surface area contributed by atoms with Crippen molar-refractivity contribution < 1.29 is 0 Å². The summed E-state index contributed by atoms with van der Waals surface area (Å²) in [6, 6.07) is 56.9. The molecule has 0 radical (unpaired) electrons. The molecular weight excluding hydrogens is 719 g/mol. The molecule has 5 aromatic carbocycles. The molecule has 59 heavy (non-hydrogen) atoms. The minimum absolute atomic E-state index is 0.258. The van der Waals surface area contributed by atoms with Crippen molar-refractivity contribution in [1.82, 2.24) is 19.9 Å². The van der Waals surface area contributed by atoms with Gasteiger partial charge in [0.1, 0.15) is 0 Å². The van der Waals surface area contributed by atoms with E-state index in [0.29, 0.717) is 5.56 Å². The van der Waals surface area contributed by atoms with Crippen LogP contribution in [0, 0.1) is 17.2 Å². The summed E-state index contributed by atoms with van der Waals surface area (Å²) in [5, 5.41) is 13.7. The van der Waals surface area contributed by atoms with Crippen LogP contribution in [0.1, 0.15) is 30.0 Å². The van der Waals surface area contributed by atoms with Gasteiger partial charge in [0.15, 0.2) is 0 Å². The van der Waals surface area contributed by atoms with Gasteiger partial charge in [0.05, 0.1) is 39.9 Å². The summed E-state index contributed by atoms with van der Waals surface area (Å²) >= 11 is 0. The van der Waals surface area contributed by atoms with Crippen LogP contribution in [0.4, 0.5) is 0 Å². The largest absolute Gasteiger partial charge is 0.256 e. The van der Waals surface area contributed by atoms with Crippen LogP contribution < -0.4 is 0 Å². The van der Waals surface area contributed by atoms with Crippen molar-refractivity contribution in [2.75, 3.05) is 0 Å². The Hall–Kier alpha value is -7.81. The summed E-state index contributed by atoms with van der Waals surface area (Å²) in [7, 11) is 0. The lowest BCUT2D eigenvalue weighted by Crippen LogP contribution is -2.05. The van der Waals surface area contributed by atoms with Crippen LogP contribution in [0.25, 0.3) is 89.0 Å². The predicted octanol–water partition coefficient (Wildman–Crippen LogP) is 13.3. The van der Waals surface area contributed by atoms with E-state index in [1.165, 1.54) is 16.7 Å². The Morgan fingerprint density at radius 3 is 1.78 bits per heavy atom. The van der Waals surface area contributed by atoms with Crippen molar-refractivity contribution in [3.63, 3.8) is 0 Å². The maximum Gasteiger partial charge on any atom is 0.0992 e. The van der Waals surface area contributed by atoms with E-state index in [4.69, 9.17) is 9.97 Å². The van der Waals surface area contributed by atoms with Gasteiger partial charge < -0.3 is 0 Å². The second-order valence-electron chi connectivity index (χ2n) is 15.1. The van der Waals surface area contributed by atoms with Gasteiger partial charge in [0.25, 0.3) is 0 Å². The number of hydrogen-bond donors (Lipinski definition) is 0. The topological polar surface area (TPSA) is 75.3 Å². The molecule has 0 N–H and O–H groups in total. The van der Waals surface area contributed by atoms with Crippen LogP contribution in [-0.4, -0.2) is 19.9 Å². The highest BCUT2D eigenvalue weighted by atomic mass is 14.8. The van der Waals surface area contributed by atoms with Gasteiger partial charge in [-0.15, -0.1) is 0 Å². The van der Waals surface area contributed by atoms with Crippen molar-refractivity contribution in [1.29, 1.82) is 5.26 Å². The summed E-state index contributed by atoms with van der Waals surface area (Å²) in [5.41, 5.74) is 16.2. The number of hydrogen-bond acceptors (Lipinski definition) is 5. The number of nitrogens with zero attached hydrogens (tertiary/aromatic N) is 5. The van der Waals surface area contributed by atoms with Gasteiger partial charge in [-0.2, -0.15) is 5.26 Å². The molecule has 4 heterocycles. The van der Waals surface area contributed by atoms with Crippen molar-refractivity contribution in [3.05, 3.63) is 205 Å². The second-order valence-corrected chi connectivity index (χ2v) is 15.1. The number of benzene rings is 5. The Kier molecular flexibility index (Phi) is 9.21. The highest BCUT2D eigenvalue weighted by Crippen LogP contribution is 2.41. The zero-order chi connectivity index (χ0) is 39.7. The van der Waals surface area contributed by atoms with Crippen molar-refractivity contribution in [2.45, 2.75) is 13.3 Å². The molecule has 9 aromatic rings. The SMILES string of the molecule is CC1CC(c2cccc3cccnc23)=CC=C1c1cc(C#N)cc(-c2ccc(-c3ccc(-c4cc(-c5ccccn5)nc(-c5ccccn5)c4)cc3)c3ccccc23)c1. The quantitative estimate of drug-likeness (QED) is 0.162. The Balaban J connectivity index is 1.00. The van der Waals surface area contributed by atoms with Crippen LogP contribution >= 0.6 is 0 Å². The number of para-hydroxylation sites is 1. The first-order valence-corrected chi connectivity index (χ1v) is 19.9. The molecule has 4 aromatic heterocycles. The smallest absolute Gasteiger partial charge is 0.0992 e. The molecule has 1 aliphatic carbocycles. The van der Waals surface area contributed by atoms with Gasteiger partial charge in [-0.05, 0) is 134 Å². The normalized spacial score (nSPS) is 13.8. The molecule has 0 amide bonds. The van der Waals surface area contributed by atoms with E-state index in [9.17, 15) is 5.26 Å². The minimum atomic E-state index is 0.258. The fraction of sp³-hybridized carbons (Fsp3) is 0.0556. The monoisotopic (exact) mass is 755 g/mol. The zero-order valence-electron chi connectivity index (χ0n) is 32.4. The van der Waals surface area contributed by atoms with E-state index in [2.05, 4.69) is 138 Å². The minimum Gasteiger partial charge on any atom is -0.256 e. The zero-order valence-corrected chi connectivity index (χ0v) is 32.4. The molecule has 0 spiro atoms. The molecule has 1 unspecified atom stereocenters. The van der Waals surface area contributed by atoms with Crippen molar-refractivity contribution in [3.8, 4) is 62.2 Å². The number of fused-ring (bicyclic) bond motifs is 2. The van der Waals surface area contributed by atoms with Gasteiger partial charge in [0.2, 0.25) is 0 Å². The summed E-state index contributed by atoms with van der Waals surface area (Å²) in [6.45, 7) is 2.28. The molecule has 278 valence electrons. The van der Waals surface area contributed by atoms with E-state index in [-0.39, 0.29) is 5.92 Å². The van der Waals surface area contributed by atoms with Crippen LogP contribution in [0.15, 0.2) is 188 Å². The first-order chi connectivity index (χ1) is 29.1. The van der Waals surface area contributed by atoms with Crippen LogP contribution in [-0.2, 0) is 0 Å². The Morgan fingerprint density at radius 1 is 0.492 bits per heavy atom. The van der Waals surface area contributed by atoms with E-state index in [1.807, 2.05) is 60.8 Å². The Morgan fingerprint density at radius 2 is 1.12 bits per heavy atom. The van der Waals surface area contributed by atoms with Crippen LogP contribution in [0.5, 0.6) is 0 Å². The molecule has 0 bridgehead atoms. The predicted molar refractivity (Wildman–Crippen MR) is 241 cm³/mol. The van der Waals surface area contributed by atoms with Gasteiger partial charge in [-0.25, -0.2) is 4.98 Å². The summed E-state index contributed by atoms with van der Waals surface area (Å²) < 4.78 is 0. The average molecular weight is 756 g/mol. The lowest BCUT2D eigenvalue weighted by atomic mass is 9.81. The van der Waals surface area contributed by atoms with Gasteiger partial charge in [0, 0.05) is 29.5 Å². The molecule has 0 saturated heterocycles. The summed E-state index contributed by atoms with van der Waals surface area (Å²) in [6.07, 6.45) is 10.8.